The van der Waals surface area contributed by atoms with E-state index in [1.54, 1.807) is 0 Å². The van der Waals surface area contributed by atoms with E-state index in [4.69, 9.17) is 4.74 Å². The summed E-state index contributed by atoms with van der Waals surface area (Å²) in [5.74, 6) is 0.329. The molecule has 0 aromatic carbocycles. The van der Waals surface area contributed by atoms with Gasteiger partial charge in [-0.3, -0.25) is 10.1 Å². The summed E-state index contributed by atoms with van der Waals surface area (Å²) in [5.41, 5.74) is 0.821. The molecule has 2 rings (SSSR count). The fraction of sp³-hybridized carbons (Fsp3) is 0.545. The molecule has 1 aromatic heterocycles. The largest absolute Gasteiger partial charge is 0.474 e. The highest BCUT2D eigenvalue weighted by Gasteiger charge is 2.28. The van der Waals surface area contributed by atoms with Crippen LogP contribution in [0.15, 0.2) is 6.07 Å². The second kappa shape index (κ2) is 3.87. The van der Waals surface area contributed by atoms with E-state index in [0.717, 1.165) is 0 Å². The van der Waals surface area contributed by atoms with Crippen LogP contribution in [-0.4, -0.2) is 23.1 Å². The van der Waals surface area contributed by atoms with E-state index in [1.807, 2.05) is 20.8 Å². The Labute approximate surface area is 99.2 Å². The first-order valence-corrected chi connectivity index (χ1v) is 5.46. The Bertz CT molecular complexity index is 466. The molecule has 6 heteroatoms. The Balaban J connectivity index is 2.60. The molecule has 1 N–H and O–H groups in total. The SMILES string of the molecule is CC(C)(C)c1cc([N+](=O)[O-])c2c(n1)OCCN2. The van der Waals surface area contributed by atoms with Crippen LogP contribution in [0, 0.1) is 10.1 Å². The topological polar surface area (TPSA) is 77.3 Å². The summed E-state index contributed by atoms with van der Waals surface area (Å²) < 4.78 is 5.37. The van der Waals surface area contributed by atoms with Crippen molar-refractivity contribution in [3.05, 3.63) is 21.9 Å². The molecule has 0 atom stereocenters. The highest BCUT2D eigenvalue weighted by Crippen LogP contribution is 2.37. The minimum Gasteiger partial charge on any atom is -0.474 e. The smallest absolute Gasteiger partial charge is 0.299 e. The lowest BCUT2D eigenvalue weighted by molar-refractivity contribution is -0.384. The molecule has 1 aliphatic rings. The molecule has 17 heavy (non-hydrogen) atoms. The van der Waals surface area contributed by atoms with Gasteiger partial charge in [0.05, 0.1) is 10.6 Å². The van der Waals surface area contributed by atoms with Crippen LogP contribution < -0.4 is 10.1 Å². The third kappa shape index (κ3) is 2.15. The maximum atomic E-state index is 11.0. The Kier molecular flexibility index (Phi) is 2.65. The highest BCUT2D eigenvalue weighted by atomic mass is 16.6. The Morgan fingerprint density at radius 1 is 1.53 bits per heavy atom. The number of hydrogen-bond donors (Lipinski definition) is 1. The zero-order chi connectivity index (χ0) is 12.6. The van der Waals surface area contributed by atoms with Gasteiger partial charge in [-0.2, -0.15) is 0 Å². The third-order valence-corrected chi connectivity index (χ3v) is 2.57. The highest BCUT2D eigenvalue weighted by molar-refractivity contribution is 5.69. The Morgan fingerprint density at radius 3 is 2.82 bits per heavy atom. The van der Waals surface area contributed by atoms with Gasteiger partial charge in [0.15, 0.2) is 5.69 Å². The van der Waals surface area contributed by atoms with Crippen LogP contribution in [0.4, 0.5) is 11.4 Å². The molecule has 0 saturated heterocycles. The maximum Gasteiger partial charge on any atom is 0.299 e. The average molecular weight is 237 g/mol. The molecule has 92 valence electrons. The van der Waals surface area contributed by atoms with E-state index in [1.165, 1.54) is 6.07 Å². The predicted molar refractivity (Wildman–Crippen MR) is 63.6 cm³/mol. The summed E-state index contributed by atoms with van der Waals surface area (Å²) in [6.07, 6.45) is 0. The molecule has 0 bridgehead atoms. The summed E-state index contributed by atoms with van der Waals surface area (Å²) in [4.78, 5) is 15.0. The fourth-order valence-electron chi connectivity index (χ4n) is 1.63. The molecular formula is C11H15N3O3. The number of nitrogens with zero attached hydrogens (tertiary/aromatic N) is 2. The monoisotopic (exact) mass is 237 g/mol. The van der Waals surface area contributed by atoms with Crippen molar-refractivity contribution >= 4 is 11.4 Å². The van der Waals surface area contributed by atoms with E-state index in [9.17, 15) is 10.1 Å². The minimum absolute atomic E-state index is 0.0274. The van der Waals surface area contributed by atoms with Crippen molar-refractivity contribution in [2.24, 2.45) is 0 Å². The second-order valence-corrected chi connectivity index (χ2v) is 4.99. The van der Waals surface area contributed by atoms with Crippen LogP contribution in [0.25, 0.3) is 0 Å². The molecule has 0 radical (unpaired) electrons. The van der Waals surface area contributed by atoms with Crippen LogP contribution in [0.5, 0.6) is 5.88 Å². The first-order chi connectivity index (χ1) is 7.89. The molecular weight excluding hydrogens is 222 g/mol. The number of anilines is 1. The number of aromatic nitrogens is 1. The number of nitro groups is 1. The lowest BCUT2D eigenvalue weighted by atomic mass is 9.91. The van der Waals surface area contributed by atoms with Gasteiger partial charge in [-0.1, -0.05) is 20.8 Å². The van der Waals surface area contributed by atoms with Crippen molar-refractivity contribution in [1.29, 1.82) is 0 Å². The maximum absolute atomic E-state index is 11.0. The number of pyridine rings is 1. The van der Waals surface area contributed by atoms with Crippen LogP contribution in [0.3, 0.4) is 0 Å². The van der Waals surface area contributed by atoms with Gasteiger partial charge in [0, 0.05) is 18.0 Å². The summed E-state index contributed by atoms with van der Waals surface area (Å²) in [5, 5.41) is 14.0. The van der Waals surface area contributed by atoms with Gasteiger partial charge in [-0.25, -0.2) is 4.98 Å². The van der Waals surface area contributed by atoms with E-state index < -0.39 is 4.92 Å². The van der Waals surface area contributed by atoms with Gasteiger partial charge in [0.25, 0.3) is 5.69 Å². The van der Waals surface area contributed by atoms with E-state index >= 15 is 0 Å². The van der Waals surface area contributed by atoms with Crippen LogP contribution in [-0.2, 0) is 5.41 Å². The molecule has 0 unspecified atom stereocenters. The third-order valence-electron chi connectivity index (χ3n) is 2.57. The zero-order valence-corrected chi connectivity index (χ0v) is 10.1. The van der Waals surface area contributed by atoms with E-state index in [2.05, 4.69) is 10.3 Å². The molecule has 1 aromatic rings. The lowest BCUT2D eigenvalue weighted by Crippen LogP contribution is -2.22. The van der Waals surface area contributed by atoms with Gasteiger partial charge in [0.1, 0.15) is 6.61 Å². The van der Waals surface area contributed by atoms with Gasteiger partial charge >= 0.3 is 0 Å². The molecule has 0 saturated carbocycles. The van der Waals surface area contributed by atoms with Crippen molar-refractivity contribution in [1.82, 2.24) is 4.98 Å². The average Bonchev–Trinajstić information content (AvgIpc) is 2.26. The van der Waals surface area contributed by atoms with Gasteiger partial charge in [-0.15, -0.1) is 0 Å². The molecule has 2 heterocycles. The number of ether oxygens (including phenoxy) is 1. The van der Waals surface area contributed by atoms with Gasteiger partial charge in [-0.05, 0) is 0 Å². The Hall–Kier alpha value is -1.85. The number of rotatable bonds is 1. The molecule has 1 aliphatic heterocycles. The minimum atomic E-state index is -0.405. The van der Waals surface area contributed by atoms with Crippen LogP contribution >= 0.6 is 0 Å². The first kappa shape index (κ1) is 11.6. The van der Waals surface area contributed by atoms with Crippen molar-refractivity contribution in [2.45, 2.75) is 26.2 Å². The lowest BCUT2D eigenvalue weighted by Gasteiger charge is -2.22. The molecule has 6 nitrogen and oxygen atoms in total. The quantitative estimate of drug-likeness (QED) is 0.597. The summed E-state index contributed by atoms with van der Waals surface area (Å²) in [6, 6.07) is 1.51. The first-order valence-electron chi connectivity index (χ1n) is 5.46. The van der Waals surface area contributed by atoms with E-state index in [0.29, 0.717) is 30.4 Å². The van der Waals surface area contributed by atoms with Crippen molar-refractivity contribution in [3.63, 3.8) is 0 Å². The number of hydrogen-bond acceptors (Lipinski definition) is 5. The van der Waals surface area contributed by atoms with E-state index in [-0.39, 0.29) is 11.1 Å². The van der Waals surface area contributed by atoms with Crippen molar-refractivity contribution in [3.8, 4) is 5.88 Å². The van der Waals surface area contributed by atoms with Crippen molar-refractivity contribution < 1.29 is 9.66 Å². The second-order valence-electron chi connectivity index (χ2n) is 4.99. The number of fused-ring (bicyclic) bond motifs is 1. The zero-order valence-electron chi connectivity index (χ0n) is 10.1. The molecule has 0 amide bonds. The number of nitrogens with one attached hydrogen (secondary N) is 1. The summed E-state index contributed by atoms with van der Waals surface area (Å²) in [7, 11) is 0. The molecule has 0 aliphatic carbocycles. The molecule has 0 fully saturated rings. The normalized spacial score (nSPS) is 14.5. The Morgan fingerprint density at radius 2 is 2.24 bits per heavy atom. The summed E-state index contributed by atoms with van der Waals surface area (Å²) >= 11 is 0. The van der Waals surface area contributed by atoms with Crippen molar-refractivity contribution in [2.75, 3.05) is 18.5 Å². The van der Waals surface area contributed by atoms with Gasteiger partial charge in [0.2, 0.25) is 5.88 Å². The summed E-state index contributed by atoms with van der Waals surface area (Å²) in [6.45, 7) is 6.92. The van der Waals surface area contributed by atoms with Gasteiger partial charge < -0.3 is 10.1 Å². The predicted octanol–water partition coefficient (Wildman–Crippen LogP) is 2.09. The molecule has 0 spiro atoms. The fourth-order valence-corrected chi connectivity index (χ4v) is 1.63. The van der Waals surface area contributed by atoms with Crippen LogP contribution in [0.1, 0.15) is 26.5 Å². The van der Waals surface area contributed by atoms with Crippen LogP contribution in [0.2, 0.25) is 0 Å². The standard InChI is InChI=1S/C11H15N3O3/c1-11(2,3)8-6-7(14(15)16)9-10(13-8)17-5-4-12-9/h6,12H,4-5H2,1-3H3.